The number of rotatable bonds is 6. The fraction of sp³-hybridized carbons (Fsp3) is 0.400. The van der Waals surface area contributed by atoms with Crippen LogP contribution in [-0.2, 0) is 25.5 Å². The first kappa shape index (κ1) is 21.3. The zero-order valence-corrected chi connectivity index (χ0v) is 16.7. The number of halogens is 1. The van der Waals surface area contributed by atoms with Gasteiger partial charge in [-0.25, -0.2) is 19.0 Å². The molecule has 2 atom stereocenters. The van der Waals surface area contributed by atoms with Crippen molar-refractivity contribution in [3.63, 3.8) is 0 Å². The van der Waals surface area contributed by atoms with Crippen molar-refractivity contribution >= 4 is 18.0 Å². The van der Waals surface area contributed by atoms with E-state index >= 15 is 0 Å². The molecule has 1 aromatic heterocycles. The van der Waals surface area contributed by atoms with Crippen LogP contribution in [0.4, 0.5) is 9.18 Å². The number of esters is 2. The molecular formula is C20H23FN4O5. The molecule has 10 heteroatoms. The molecule has 1 aromatic carbocycles. The van der Waals surface area contributed by atoms with Gasteiger partial charge in [0.1, 0.15) is 17.9 Å². The number of carbonyl (C=O) groups is 3. The van der Waals surface area contributed by atoms with Crippen molar-refractivity contribution in [3.8, 4) is 0 Å². The second-order valence-electron chi connectivity index (χ2n) is 6.81. The minimum Gasteiger partial charge on any atom is -0.469 e. The molecule has 0 fully saturated rings. The quantitative estimate of drug-likeness (QED) is 0.691. The number of aromatic nitrogens is 2. The smallest absolute Gasteiger partial charge is 0.328 e. The van der Waals surface area contributed by atoms with Gasteiger partial charge in [0, 0.05) is 25.1 Å². The lowest BCUT2D eigenvalue weighted by molar-refractivity contribution is -0.144. The zero-order chi connectivity index (χ0) is 21.7. The van der Waals surface area contributed by atoms with Crippen LogP contribution >= 0.6 is 0 Å². The number of imidazole rings is 1. The van der Waals surface area contributed by atoms with Gasteiger partial charge in [0.05, 0.1) is 26.2 Å². The molecule has 2 amide bonds. The minimum atomic E-state index is -1.03. The van der Waals surface area contributed by atoms with Gasteiger partial charge in [0.25, 0.3) is 0 Å². The van der Waals surface area contributed by atoms with Gasteiger partial charge in [0.15, 0.2) is 0 Å². The summed E-state index contributed by atoms with van der Waals surface area (Å²) in [5.74, 6) is -1.61. The van der Waals surface area contributed by atoms with Gasteiger partial charge in [-0.05, 0) is 24.1 Å². The SMILES string of the molecule is COC(=O)CCC(NC(=O)N1CCc2[nH]cnc2C1c1cccc(F)c1)C(=O)OC. The van der Waals surface area contributed by atoms with Crippen molar-refractivity contribution in [2.75, 3.05) is 20.8 Å². The van der Waals surface area contributed by atoms with Crippen molar-refractivity contribution in [2.45, 2.75) is 31.3 Å². The van der Waals surface area contributed by atoms with E-state index < -0.39 is 35.9 Å². The van der Waals surface area contributed by atoms with E-state index in [1.807, 2.05) is 0 Å². The van der Waals surface area contributed by atoms with Crippen molar-refractivity contribution in [3.05, 3.63) is 53.4 Å². The summed E-state index contributed by atoms with van der Waals surface area (Å²) >= 11 is 0. The van der Waals surface area contributed by atoms with E-state index in [9.17, 15) is 18.8 Å². The molecule has 0 bridgehead atoms. The molecule has 2 heterocycles. The second-order valence-corrected chi connectivity index (χ2v) is 6.81. The highest BCUT2D eigenvalue weighted by molar-refractivity contribution is 5.84. The van der Waals surface area contributed by atoms with Crippen LogP contribution in [0.15, 0.2) is 30.6 Å². The fourth-order valence-electron chi connectivity index (χ4n) is 3.50. The third-order valence-electron chi connectivity index (χ3n) is 5.00. The average Bonchev–Trinajstić information content (AvgIpc) is 3.23. The number of amides is 2. The Labute approximate surface area is 172 Å². The van der Waals surface area contributed by atoms with Gasteiger partial charge < -0.3 is 24.7 Å². The minimum absolute atomic E-state index is 0.0250. The van der Waals surface area contributed by atoms with E-state index in [-0.39, 0.29) is 12.8 Å². The molecule has 2 aromatic rings. The molecule has 9 nitrogen and oxygen atoms in total. The Morgan fingerprint density at radius 2 is 2.13 bits per heavy atom. The molecule has 0 spiro atoms. The number of fused-ring (bicyclic) bond motifs is 1. The number of aromatic amines is 1. The number of nitrogens with one attached hydrogen (secondary N) is 2. The maximum absolute atomic E-state index is 13.9. The normalized spacial score (nSPS) is 16.4. The zero-order valence-electron chi connectivity index (χ0n) is 16.7. The lowest BCUT2D eigenvalue weighted by Gasteiger charge is -2.36. The van der Waals surface area contributed by atoms with Crippen molar-refractivity contribution in [2.24, 2.45) is 0 Å². The van der Waals surface area contributed by atoms with E-state index in [4.69, 9.17) is 4.74 Å². The Kier molecular flexibility index (Phi) is 6.65. The average molecular weight is 418 g/mol. The molecule has 1 aliphatic heterocycles. The van der Waals surface area contributed by atoms with Crippen LogP contribution in [0, 0.1) is 5.82 Å². The Hall–Kier alpha value is -3.43. The molecule has 2 unspecified atom stereocenters. The van der Waals surface area contributed by atoms with E-state index in [1.54, 1.807) is 12.1 Å². The lowest BCUT2D eigenvalue weighted by Crippen LogP contribution is -2.51. The summed E-state index contributed by atoms with van der Waals surface area (Å²) in [5, 5.41) is 2.63. The van der Waals surface area contributed by atoms with Crippen LogP contribution in [0.5, 0.6) is 0 Å². The highest BCUT2D eigenvalue weighted by Crippen LogP contribution is 2.33. The predicted octanol–water partition coefficient (Wildman–Crippen LogP) is 1.70. The number of hydrogen-bond acceptors (Lipinski definition) is 6. The number of urea groups is 1. The summed E-state index contributed by atoms with van der Waals surface area (Å²) in [6.45, 7) is 0.326. The third kappa shape index (κ3) is 4.58. The summed E-state index contributed by atoms with van der Waals surface area (Å²) in [6.07, 6.45) is 2.02. The van der Waals surface area contributed by atoms with Crippen LogP contribution in [0.25, 0.3) is 0 Å². The molecule has 30 heavy (non-hydrogen) atoms. The maximum Gasteiger partial charge on any atom is 0.328 e. The van der Waals surface area contributed by atoms with Crippen LogP contribution in [0.2, 0.25) is 0 Å². The molecule has 0 saturated heterocycles. The lowest BCUT2D eigenvalue weighted by atomic mass is 9.96. The molecule has 3 rings (SSSR count). The van der Waals surface area contributed by atoms with Gasteiger partial charge in [-0.1, -0.05) is 12.1 Å². The first-order valence-corrected chi connectivity index (χ1v) is 9.44. The van der Waals surface area contributed by atoms with Crippen LogP contribution in [0.3, 0.4) is 0 Å². The number of nitrogens with zero attached hydrogens (tertiary/aromatic N) is 2. The van der Waals surface area contributed by atoms with Crippen LogP contribution < -0.4 is 5.32 Å². The third-order valence-corrected chi connectivity index (χ3v) is 5.00. The molecule has 2 N–H and O–H groups in total. The summed E-state index contributed by atoms with van der Waals surface area (Å²) < 4.78 is 23.2. The molecule has 0 aliphatic carbocycles. The summed E-state index contributed by atoms with van der Waals surface area (Å²) in [6, 6.07) is 3.75. The van der Waals surface area contributed by atoms with Gasteiger partial charge in [-0.2, -0.15) is 0 Å². The van der Waals surface area contributed by atoms with Gasteiger partial charge in [-0.15, -0.1) is 0 Å². The number of ether oxygens (including phenoxy) is 2. The molecule has 0 radical (unpaired) electrons. The Morgan fingerprint density at radius 1 is 1.33 bits per heavy atom. The number of benzene rings is 1. The highest BCUT2D eigenvalue weighted by atomic mass is 19.1. The monoisotopic (exact) mass is 418 g/mol. The molecular weight excluding hydrogens is 395 g/mol. The number of carbonyl (C=O) groups excluding carboxylic acids is 3. The standard InChI is InChI=1S/C20H23FN4O5/c1-29-16(26)7-6-15(19(27)30-2)24-20(28)25-9-8-14-17(23-11-22-14)18(25)12-4-3-5-13(21)10-12/h3-5,10-11,15,18H,6-9H2,1-2H3,(H,22,23)(H,24,28). The van der Waals surface area contributed by atoms with Crippen LogP contribution in [-0.4, -0.2) is 59.6 Å². The summed E-state index contributed by atoms with van der Waals surface area (Å²) in [5.41, 5.74) is 2.04. The van der Waals surface area contributed by atoms with Crippen molar-refractivity contribution < 1.29 is 28.2 Å². The van der Waals surface area contributed by atoms with Crippen LogP contribution in [0.1, 0.15) is 35.8 Å². The Morgan fingerprint density at radius 3 is 2.83 bits per heavy atom. The van der Waals surface area contributed by atoms with Crippen molar-refractivity contribution in [1.82, 2.24) is 20.2 Å². The van der Waals surface area contributed by atoms with E-state index in [1.165, 1.54) is 37.6 Å². The summed E-state index contributed by atoms with van der Waals surface area (Å²) in [7, 11) is 2.44. The second kappa shape index (κ2) is 9.38. The molecule has 160 valence electrons. The Bertz CT molecular complexity index is 931. The molecule has 1 aliphatic rings. The van der Waals surface area contributed by atoms with E-state index in [0.29, 0.717) is 24.2 Å². The van der Waals surface area contributed by atoms with Gasteiger partial charge in [-0.3, -0.25) is 4.79 Å². The first-order valence-electron chi connectivity index (χ1n) is 9.44. The Balaban J connectivity index is 1.85. The van der Waals surface area contributed by atoms with Gasteiger partial charge in [0.2, 0.25) is 0 Å². The first-order chi connectivity index (χ1) is 14.4. The number of H-pyrrole nitrogens is 1. The largest absolute Gasteiger partial charge is 0.469 e. The van der Waals surface area contributed by atoms with Crippen molar-refractivity contribution in [1.29, 1.82) is 0 Å². The van der Waals surface area contributed by atoms with E-state index in [0.717, 1.165) is 5.69 Å². The van der Waals surface area contributed by atoms with Gasteiger partial charge >= 0.3 is 18.0 Å². The predicted molar refractivity (Wildman–Crippen MR) is 103 cm³/mol. The summed E-state index contributed by atoms with van der Waals surface area (Å²) in [4.78, 5) is 45.5. The maximum atomic E-state index is 13.9. The fourth-order valence-corrected chi connectivity index (χ4v) is 3.50. The highest BCUT2D eigenvalue weighted by Gasteiger charge is 2.36. The topological polar surface area (TPSA) is 114 Å². The number of hydrogen-bond donors (Lipinski definition) is 2. The van der Waals surface area contributed by atoms with E-state index in [2.05, 4.69) is 20.0 Å². The molecule has 0 saturated carbocycles. The number of methoxy groups -OCH3 is 2.